The fourth-order valence-electron chi connectivity index (χ4n) is 4.38. The van der Waals surface area contributed by atoms with E-state index in [1.54, 1.807) is 0 Å². The Hall–Kier alpha value is -0.730. The number of urea groups is 1. The van der Waals surface area contributed by atoms with Crippen LogP contribution in [0.15, 0.2) is 0 Å². The van der Waals surface area contributed by atoms with E-state index in [4.69, 9.17) is 0 Å². The molecular formula is C16H28N2O. The number of nitrogens with zero attached hydrogens (tertiary/aromatic N) is 1. The summed E-state index contributed by atoms with van der Waals surface area (Å²) in [7, 11) is 0. The molecule has 1 N–H and O–H groups in total. The molecule has 0 aromatic carbocycles. The van der Waals surface area contributed by atoms with Crippen molar-refractivity contribution in [1.82, 2.24) is 10.2 Å². The molecule has 2 aliphatic carbocycles. The third kappa shape index (κ3) is 3.06. The SMILES string of the molecule is O=C(NC1CCCCC1)N1CCCC2CCCCC21. The van der Waals surface area contributed by atoms with Crippen molar-refractivity contribution in [2.75, 3.05) is 6.54 Å². The molecule has 0 aromatic heterocycles. The Morgan fingerprint density at radius 1 is 0.842 bits per heavy atom. The lowest BCUT2D eigenvalue weighted by Crippen LogP contribution is -2.55. The quantitative estimate of drug-likeness (QED) is 0.770. The van der Waals surface area contributed by atoms with Crippen molar-refractivity contribution in [3.8, 4) is 0 Å². The zero-order valence-electron chi connectivity index (χ0n) is 12.1. The van der Waals surface area contributed by atoms with Gasteiger partial charge < -0.3 is 10.2 Å². The first-order valence-electron chi connectivity index (χ1n) is 8.42. The van der Waals surface area contributed by atoms with Crippen molar-refractivity contribution < 1.29 is 4.79 Å². The molecule has 0 bridgehead atoms. The summed E-state index contributed by atoms with van der Waals surface area (Å²) in [5, 5.41) is 3.31. The second-order valence-corrected chi connectivity index (χ2v) is 6.73. The molecule has 2 saturated carbocycles. The van der Waals surface area contributed by atoms with Gasteiger partial charge >= 0.3 is 6.03 Å². The standard InChI is InChI=1S/C16H28N2O/c19-16(17-14-9-2-1-3-10-14)18-12-6-8-13-7-4-5-11-15(13)18/h13-15H,1-12H2,(H,17,19). The van der Waals surface area contributed by atoms with Gasteiger partial charge in [-0.1, -0.05) is 32.1 Å². The minimum absolute atomic E-state index is 0.239. The number of piperidine rings is 1. The van der Waals surface area contributed by atoms with Crippen LogP contribution in [0.1, 0.15) is 70.6 Å². The van der Waals surface area contributed by atoms with Crippen LogP contribution in [0, 0.1) is 5.92 Å². The van der Waals surface area contributed by atoms with Crippen LogP contribution in [0.3, 0.4) is 0 Å². The summed E-state index contributed by atoms with van der Waals surface area (Å²) in [6.45, 7) is 0.986. The van der Waals surface area contributed by atoms with E-state index in [2.05, 4.69) is 10.2 Å². The zero-order valence-corrected chi connectivity index (χ0v) is 12.1. The predicted octanol–water partition coefficient (Wildman–Crippen LogP) is 3.68. The first-order chi connectivity index (χ1) is 9.34. The Morgan fingerprint density at radius 3 is 2.37 bits per heavy atom. The Balaban J connectivity index is 1.58. The smallest absolute Gasteiger partial charge is 0.317 e. The number of likely N-dealkylation sites (tertiary alicyclic amines) is 1. The van der Waals surface area contributed by atoms with Crippen molar-refractivity contribution in [2.45, 2.75) is 82.7 Å². The van der Waals surface area contributed by atoms with E-state index in [0.29, 0.717) is 12.1 Å². The Morgan fingerprint density at radius 2 is 1.53 bits per heavy atom. The molecule has 0 spiro atoms. The number of carbonyl (C=O) groups excluding carboxylic acids is 1. The van der Waals surface area contributed by atoms with Crippen LogP contribution in [0.4, 0.5) is 4.79 Å². The molecule has 19 heavy (non-hydrogen) atoms. The Bertz CT molecular complexity index is 310. The highest BCUT2D eigenvalue weighted by Crippen LogP contribution is 2.35. The second kappa shape index (κ2) is 6.15. The van der Waals surface area contributed by atoms with Crippen LogP contribution in [0.5, 0.6) is 0 Å². The lowest BCUT2D eigenvalue weighted by atomic mass is 9.78. The van der Waals surface area contributed by atoms with Gasteiger partial charge in [0.25, 0.3) is 0 Å². The van der Waals surface area contributed by atoms with E-state index < -0.39 is 0 Å². The average molecular weight is 264 g/mol. The molecule has 1 aliphatic heterocycles. The van der Waals surface area contributed by atoms with Gasteiger partial charge in [-0.3, -0.25) is 0 Å². The molecule has 0 radical (unpaired) electrons. The molecule has 2 amide bonds. The molecule has 2 unspecified atom stereocenters. The van der Waals surface area contributed by atoms with Crippen molar-refractivity contribution in [2.24, 2.45) is 5.92 Å². The summed E-state index contributed by atoms with van der Waals surface area (Å²) in [4.78, 5) is 14.7. The van der Waals surface area contributed by atoms with Gasteiger partial charge in [-0.25, -0.2) is 4.79 Å². The maximum absolute atomic E-state index is 12.5. The van der Waals surface area contributed by atoms with Crippen LogP contribution in [-0.2, 0) is 0 Å². The largest absolute Gasteiger partial charge is 0.335 e. The van der Waals surface area contributed by atoms with E-state index in [1.807, 2.05) is 0 Å². The molecular weight excluding hydrogens is 236 g/mol. The monoisotopic (exact) mass is 264 g/mol. The Kier molecular flexibility index (Phi) is 4.29. The van der Waals surface area contributed by atoms with Crippen molar-refractivity contribution in [3.63, 3.8) is 0 Å². The lowest BCUT2D eigenvalue weighted by molar-refractivity contribution is 0.0818. The third-order valence-corrected chi connectivity index (χ3v) is 5.44. The molecule has 2 atom stereocenters. The molecule has 0 aromatic rings. The van der Waals surface area contributed by atoms with Gasteiger partial charge in [0.1, 0.15) is 0 Å². The number of fused-ring (bicyclic) bond motifs is 1. The van der Waals surface area contributed by atoms with Crippen LogP contribution in [-0.4, -0.2) is 29.6 Å². The topological polar surface area (TPSA) is 32.3 Å². The fraction of sp³-hybridized carbons (Fsp3) is 0.938. The number of hydrogen-bond acceptors (Lipinski definition) is 1. The maximum Gasteiger partial charge on any atom is 0.317 e. The van der Waals surface area contributed by atoms with Gasteiger partial charge in [0, 0.05) is 18.6 Å². The Labute approximate surface area is 117 Å². The molecule has 1 heterocycles. The van der Waals surface area contributed by atoms with Gasteiger partial charge in [0.15, 0.2) is 0 Å². The summed E-state index contributed by atoms with van der Waals surface area (Å²) in [6.07, 6.45) is 14.1. The normalized spacial score (nSPS) is 32.7. The van der Waals surface area contributed by atoms with Gasteiger partial charge in [-0.15, -0.1) is 0 Å². The minimum Gasteiger partial charge on any atom is -0.335 e. The van der Waals surface area contributed by atoms with E-state index in [0.717, 1.165) is 12.5 Å². The predicted molar refractivity (Wildman–Crippen MR) is 77.1 cm³/mol. The van der Waals surface area contributed by atoms with E-state index in [1.165, 1.54) is 70.6 Å². The molecule has 3 aliphatic rings. The summed E-state index contributed by atoms with van der Waals surface area (Å²) in [6, 6.07) is 1.24. The fourth-order valence-corrected chi connectivity index (χ4v) is 4.38. The van der Waals surface area contributed by atoms with Gasteiger partial charge in [-0.2, -0.15) is 0 Å². The number of nitrogens with one attached hydrogen (secondary N) is 1. The van der Waals surface area contributed by atoms with Crippen molar-refractivity contribution in [1.29, 1.82) is 0 Å². The highest BCUT2D eigenvalue weighted by Gasteiger charge is 2.36. The van der Waals surface area contributed by atoms with Gasteiger partial charge in [0.05, 0.1) is 0 Å². The molecule has 3 fully saturated rings. The molecule has 108 valence electrons. The van der Waals surface area contributed by atoms with Crippen LogP contribution in [0.25, 0.3) is 0 Å². The van der Waals surface area contributed by atoms with Gasteiger partial charge in [0.2, 0.25) is 0 Å². The molecule has 3 nitrogen and oxygen atoms in total. The summed E-state index contributed by atoms with van der Waals surface area (Å²) in [5.74, 6) is 0.791. The van der Waals surface area contributed by atoms with E-state index >= 15 is 0 Å². The van der Waals surface area contributed by atoms with Crippen LogP contribution in [0.2, 0.25) is 0 Å². The molecule has 1 saturated heterocycles. The third-order valence-electron chi connectivity index (χ3n) is 5.44. The van der Waals surface area contributed by atoms with Crippen molar-refractivity contribution >= 4 is 6.03 Å². The summed E-state index contributed by atoms with van der Waals surface area (Å²) >= 11 is 0. The summed E-state index contributed by atoms with van der Waals surface area (Å²) < 4.78 is 0. The summed E-state index contributed by atoms with van der Waals surface area (Å²) in [5.41, 5.74) is 0. The highest BCUT2D eigenvalue weighted by atomic mass is 16.2. The van der Waals surface area contributed by atoms with Gasteiger partial charge in [-0.05, 0) is 44.4 Å². The van der Waals surface area contributed by atoms with E-state index in [9.17, 15) is 4.79 Å². The van der Waals surface area contributed by atoms with Crippen LogP contribution < -0.4 is 5.32 Å². The molecule has 3 heteroatoms. The van der Waals surface area contributed by atoms with Crippen LogP contribution >= 0.6 is 0 Å². The second-order valence-electron chi connectivity index (χ2n) is 6.73. The lowest BCUT2D eigenvalue weighted by Gasteiger charge is -2.44. The molecule has 3 rings (SSSR count). The number of hydrogen-bond donors (Lipinski definition) is 1. The van der Waals surface area contributed by atoms with Crippen molar-refractivity contribution in [3.05, 3.63) is 0 Å². The average Bonchev–Trinajstić information content (AvgIpc) is 2.47. The number of rotatable bonds is 1. The minimum atomic E-state index is 0.239. The maximum atomic E-state index is 12.5. The zero-order chi connectivity index (χ0) is 13.1. The first kappa shape index (κ1) is 13.3. The number of amides is 2. The van der Waals surface area contributed by atoms with E-state index in [-0.39, 0.29) is 6.03 Å². The highest BCUT2D eigenvalue weighted by molar-refractivity contribution is 5.75. The first-order valence-corrected chi connectivity index (χ1v) is 8.42. The number of carbonyl (C=O) groups is 1.